The summed E-state index contributed by atoms with van der Waals surface area (Å²) < 4.78 is 5.23. The first kappa shape index (κ1) is 22.4. The van der Waals surface area contributed by atoms with Gasteiger partial charge in [0, 0.05) is 6.08 Å². The third kappa shape index (κ3) is 5.16. The predicted octanol–water partition coefficient (Wildman–Crippen LogP) is 3.65. The van der Waals surface area contributed by atoms with E-state index >= 15 is 0 Å². The summed E-state index contributed by atoms with van der Waals surface area (Å²) in [5.74, 6) is -2.51. The van der Waals surface area contributed by atoms with Gasteiger partial charge in [0.1, 0.15) is 5.70 Å². The van der Waals surface area contributed by atoms with Crippen LogP contribution in [0.1, 0.15) is 31.8 Å². The number of nitrogens with zero attached hydrogens (tertiary/aromatic N) is 1. The molecule has 0 bridgehead atoms. The monoisotopic (exact) mass is 452 g/mol. The van der Waals surface area contributed by atoms with Crippen LogP contribution in [0.25, 0.3) is 12.2 Å². The Morgan fingerprint density at radius 1 is 0.765 bits per heavy atom. The van der Waals surface area contributed by atoms with Gasteiger partial charge in [0.2, 0.25) is 5.91 Å². The van der Waals surface area contributed by atoms with Crippen LogP contribution in [-0.2, 0) is 14.3 Å². The molecule has 3 aromatic rings. The zero-order valence-corrected chi connectivity index (χ0v) is 18.0. The molecular formula is C27H20N2O5. The van der Waals surface area contributed by atoms with Crippen molar-refractivity contribution in [2.45, 2.75) is 0 Å². The summed E-state index contributed by atoms with van der Waals surface area (Å²) in [6, 6.07) is 24.5. The van der Waals surface area contributed by atoms with E-state index in [0.717, 1.165) is 10.5 Å². The van der Waals surface area contributed by atoms with Crippen molar-refractivity contribution in [2.24, 2.45) is 0 Å². The van der Waals surface area contributed by atoms with E-state index in [0.29, 0.717) is 5.56 Å². The molecule has 0 fully saturated rings. The standard InChI is InChI=1S/C27H20N2O5/c30-24(16-15-19-9-3-1-4-10-19)28-23(17-20-11-5-2-6-12-20)27(33)34-18-29-25(31)21-13-7-8-14-22(21)26(29)32/h1-17H,18H2,(H,28,30)/b16-15+,23-17+. The topological polar surface area (TPSA) is 92.8 Å². The van der Waals surface area contributed by atoms with Gasteiger partial charge in [-0.1, -0.05) is 72.8 Å². The van der Waals surface area contributed by atoms with Crippen LogP contribution in [0, 0.1) is 0 Å². The molecule has 168 valence electrons. The Hall–Kier alpha value is -4.78. The molecule has 3 amide bonds. The highest BCUT2D eigenvalue weighted by Crippen LogP contribution is 2.22. The third-order valence-corrected chi connectivity index (χ3v) is 5.02. The van der Waals surface area contributed by atoms with Crippen LogP contribution in [0.15, 0.2) is 96.7 Å². The van der Waals surface area contributed by atoms with Gasteiger partial charge in [-0.05, 0) is 35.4 Å². The number of hydrogen-bond acceptors (Lipinski definition) is 5. The van der Waals surface area contributed by atoms with Crippen LogP contribution in [0.5, 0.6) is 0 Å². The molecule has 1 N–H and O–H groups in total. The number of fused-ring (bicyclic) bond motifs is 1. The van der Waals surface area contributed by atoms with Crippen molar-refractivity contribution < 1.29 is 23.9 Å². The minimum atomic E-state index is -0.887. The number of nitrogens with one attached hydrogen (secondary N) is 1. The molecule has 0 saturated carbocycles. The maximum Gasteiger partial charge on any atom is 0.356 e. The normalized spacial score (nSPS) is 13.2. The number of rotatable bonds is 7. The maximum absolute atomic E-state index is 12.8. The van der Waals surface area contributed by atoms with Crippen LogP contribution < -0.4 is 5.32 Å². The first-order valence-corrected chi connectivity index (χ1v) is 10.5. The smallest absolute Gasteiger partial charge is 0.356 e. The van der Waals surface area contributed by atoms with Gasteiger partial charge in [-0.15, -0.1) is 0 Å². The minimum absolute atomic E-state index is 0.134. The molecule has 1 aliphatic rings. The lowest BCUT2D eigenvalue weighted by atomic mass is 10.1. The van der Waals surface area contributed by atoms with E-state index in [1.807, 2.05) is 36.4 Å². The zero-order valence-electron chi connectivity index (χ0n) is 18.0. The van der Waals surface area contributed by atoms with Gasteiger partial charge >= 0.3 is 5.97 Å². The number of benzene rings is 3. The Kier molecular flexibility index (Phi) is 6.74. The highest BCUT2D eigenvalue weighted by molar-refractivity contribution is 6.21. The highest BCUT2D eigenvalue weighted by atomic mass is 16.5. The number of amides is 3. The Balaban J connectivity index is 1.48. The Bertz CT molecular complexity index is 1260. The first-order chi connectivity index (χ1) is 16.5. The van der Waals surface area contributed by atoms with Crippen LogP contribution in [-0.4, -0.2) is 35.3 Å². The van der Waals surface area contributed by atoms with Crippen molar-refractivity contribution in [2.75, 3.05) is 6.73 Å². The predicted molar refractivity (Wildman–Crippen MR) is 126 cm³/mol. The van der Waals surface area contributed by atoms with Crippen molar-refractivity contribution in [1.82, 2.24) is 10.2 Å². The quantitative estimate of drug-likeness (QED) is 0.336. The largest absolute Gasteiger partial charge is 0.439 e. The Morgan fingerprint density at radius 3 is 1.88 bits per heavy atom. The molecule has 7 nitrogen and oxygen atoms in total. The van der Waals surface area contributed by atoms with Gasteiger partial charge in [0.05, 0.1) is 11.1 Å². The average molecular weight is 452 g/mol. The molecule has 0 atom stereocenters. The molecule has 7 heteroatoms. The molecule has 0 radical (unpaired) electrons. The second-order valence-corrected chi connectivity index (χ2v) is 7.35. The van der Waals surface area contributed by atoms with E-state index < -0.39 is 30.4 Å². The summed E-state index contributed by atoms with van der Waals surface area (Å²) >= 11 is 0. The zero-order chi connectivity index (χ0) is 23.9. The van der Waals surface area contributed by atoms with Crippen molar-refractivity contribution in [3.63, 3.8) is 0 Å². The van der Waals surface area contributed by atoms with Crippen molar-refractivity contribution >= 4 is 35.8 Å². The van der Waals surface area contributed by atoms with Crippen LogP contribution in [0.2, 0.25) is 0 Å². The van der Waals surface area contributed by atoms with E-state index in [1.165, 1.54) is 24.3 Å². The number of hydrogen-bond donors (Lipinski definition) is 1. The average Bonchev–Trinajstić information content (AvgIpc) is 3.11. The summed E-state index contributed by atoms with van der Waals surface area (Å²) in [6.07, 6.45) is 4.37. The molecule has 0 aromatic heterocycles. The van der Waals surface area contributed by atoms with Crippen LogP contribution in [0.4, 0.5) is 0 Å². The van der Waals surface area contributed by atoms with Gasteiger partial charge in [0.15, 0.2) is 6.73 Å². The minimum Gasteiger partial charge on any atom is -0.439 e. The molecule has 0 spiro atoms. The molecule has 34 heavy (non-hydrogen) atoms. The van der Waals surface area contributed by atoms with Gasteiger partial charge in [-0.3, -0.25) is 14.4 Å². The van der Waals surface area contributed by atoms with E-state index in [9.17, 15) is 19.2 Å². The fourth-order valence-electron chi connectivity index (χ4n) is 3.33. The van der Waals surface area contributed by atoms with E-state index in [2.05, 4.69) is 5.32 Å². The fourth-order valence-corrected chi connectivity index (χ4v) is 3.33. The second-order valence-electron chi connectivity index (χ2n) is 7.35. The SMILES string of the molecule is O=C(/C=C/c1ccccc1)N/C(=C/c1ccccc1)C(=O)OCN1C(=O)c2ccccc2C1=O. The lowest BCUT2D eigenvalue weighted by Gasteiger charge is -2.15. The van der Waals surface area contributed by atoms with Crippen molar-refractivity contribution in [1.29, 1.82) is 0 Å². The summed E-state index contributed by atoms with van der Waals surface area (Å²) in [5, 5.41) is 2.52. The molecule has 1 aliphatic heterocycles. The molecule has 1 heterocycles. The fraction of sp³-hybridized carbons (Fsp3) is 0.0370. The molecule has 0 aliphatic carbocycles. The van der Waals surface area contributed by atoms with Crippen LogP contribution >= 0.6 is 0 Å². The molecular weight excluding hydrogens is 432 g/mol. The van der Waals surface area contributed by atoms with Crippen molar-refractivity contribution in [3.05, 3.63) is 119 Å². The number of esters is 1. The van der Waals surface area contributed by atoms with Crippen LogP contribution in [0.3, 0.4) is 0 Å². The number of ether oxygens (including phenoxy) is 1. The van der Waals surface area contributed by atoms with E-state index in [4.69, 9.17) is 4.74 Å². The Labute approximate surface area is 196 Å². The van der Waals surface area contributed by atoms with Crippen molar-refractivity contribution in [3.8, 4) is 0 Å². The lowest BCUT2D eigenvalue weighted by Crippen LogP contribution is -2.35. The third-order valence-electron chi connectivity index (χ3n) is 5.02. The molecule has 0 saturated heterocycles. The van der Waals surface area contributed by atoms with E-state index in [1.54, 1.807) is 42.5 Å². The maximum atomic E-state index is 12.8. The van der Waals surface area contributed by atoms with Gasteiger partial charge in [0.25, 0.3) is 11.8 Å². The first-order valence-electron chi connectivity index (χ1n) is 10.5. The number of carbonyl (C=O) groups excluding carboxylic acids is 4. The summed E-state index contributed by atoms with van der Waals surface area (Å²) in [5.41, 5.74) is 1.85. The van der Waals surface area contributed by atoms with Gasteiger partial charge in [-0.25, -0.2) is 9.69 Å². The summed E-state index contributed by atoms with van der Waals surface area (Å²) in [4.78, 5) is 51.1. The number of carbonyl (C=O) groups is 4. The number of imide groups is 1. The molecule has 4 rings (SSSR count). The summed E-state index contributed by atoms with van der Waals surface area (Å²) in [7, 11) is 0. The lowest BCUT2D eigenvalue weighted by molar-refractivity contribution is -0.142. The highest BCUT2D eigenvalue weighted by Gasteiger charge is 2.36. The van der Waals surface area contributed by atoms with Gasteiger partial charge in [-0.2, -0.15) is 0 Å². The molecule has 3 aromatic carbocycles. The second kappa shape index (κ2) is 10.2. The molecule has 0 unspecified atom stereocenters. The summed E-state index contributed by atoms with van der Waals surface area (Å²) in [6.45, 7) is -0.576. The Morgan fingerprint density at radius 2 is 1.29 bits per heavy atom. The van der Waals surface area contributed by atoms with E-state index in [-0.39, 0.29) is 16.8 Å². The van der Waals surface area contributed by atoms with Gasteiger partial charge < -0.3 is 10.1 Å².